The van der Waals surface area contributed by atoms with Gasteiger partial charge in [0.05, 0.1) is 11.0 Å². The highest BCUT2D eigenvalue weighted by atomic mass is 79.9. The maximum atomic E-state index is 11.8. The van der Waals surface area contributed by atoms with Gasteiger partial charge in [-0.2, -0.15) is 8.42 Å². The molecule has 0 saturated carbocycles. The van der Waals surface area contributed by atoms with Crippen molar-refractivity contribution in [3.05, 3.63) is 28.7 Å². The minimum atomic E-state index is -3.62. The van der Waals surface area contributed by atoms with Gasteiger partial charge in [0.25, 0.3) is 10.1 Å². The lowest BCUT2D eigenvalue weighted by atomic mass is 10.3. The molecule has 88 valence electrons. The van der Waals surface area contributed by atoms with Crippen LogP contribution in [0.5, 0.6) is 0 Å². The summed E-state index contributed by atoms with van der Waals surface area (Å²) in [5.74, 6) is 0. The molecular formula is C10H12BrNO3S. The minimum Gasteiger partial charge on any atom is -0.314 e. The predicted octanol–water partition coefficient (Wildman–Crippen LogP) is 1.52. The first-order valence-electron chi connectivity index (χ1n) is 4.97. The lowest BCUT2D eigenvalue weighted by Gasteiger charge is -2.10. The second-order valence-electron chi connectivity index (χ2n) is 3.62. The molecule has 0 aliphatic carbocycles. The van der Waals surface area contributed by atoms with Crippen LogP contribution in [0.2, 0.25) is 0 Å². The van der Waals surface area contributed by atoms with Crippen molar-refractivity contribution >= 4 is 26.0 Å². The Morgan fingerprint density at radius 2 is 2.00 bits per heavy atom. The maximum Gasteiger partial charge on any atom is 0.297 e. The van der Waals surface area contributed by atoms with Crippen molar-refractivity contribution in [3.8, 4) is 0 Å². The van der Waals surface area contributed by atoms with E-state index in [0.717, 1.165) is 17.4 Å². The van der Waals surface area contributed by atoms with Crippen LogP contribution in [0.25, 0.3) is 0 Å². The Hall–Kier alpha value is -0.430. The lowest BCUT2D eigenvalue weighted by Crippen LogP contribution is -2.21. The normalized spacial score (nSPS) is 21.2. The Labute approximate surface area is 103 Å². The summed E-state index contributed by atoms with van der Waals surface area (Å²) >= 11 is 3.25. The van der Waals surface area contributed by atoms with Crippen LogP contribution in [0.1, 0.15) is 6.42 Å². The predicted molar refractivity (Wildman–Crippen MR) is 63.7 cm³/mol. The second-order valence-corrected chi connectivity index (χ2v) is 6.11. The van der Waals surface area contributed by atoms with Crippen molar-refractivity contribution in [1.82, 2.24) is 5.32 Å². The third-order valence-electron chi connectivity index (χ3n) is 2.38. The molecule has 1 aliphatic rings. The Bertz CT molecular complexity index is 451. The van der Waals surface area contributed by atoms with Gasteiger partial charge >= 0.3 is 0 Å². The average Bonchev–Trinajstić information content (AvgIpc) is 2.70. The van der Waals surface area contributed by atoms with Crippen LogP contribution in [-0.4, -0.2) is 27.6 Å². The summed E-state index contributed by atoms with van der Waals surface area (Å²) in [7, 11) is -3.62. The van der Waals surface area contributed by atoms with E-state index < -0.39 is 10.1 Å². The van der Waals surface area contributed by atoms with E-state index >= 15 is 0 Å². The van der Waals surface area contributed by atoms with E-state index in [4.69, 9.17) is 4.18 Å². The third-order valence-corrected chi connectivity index (χ3v) is 4.28. The molecule has 1 fully saturated rings. The second kappa shape index (κ2) is 4.83. The minimum absolute atomic E-state index is 0.197. The van der Waals surface area contributed by atoms with Crippen LogP contribution >= 0.6 is 15.9 Å². The van der Waals surface area contributed by atoms with Gasteiger partial charge in [0.15, 0.2) is 0 Å². The topological polar surface area (TPSA) is 55.4 Å². The van der Waals surface area contributed by atoms with Gasteiger partial charge in [0.2, 0.25) is 0 Å². The summed E-state index contributed by atoms with van der Waals surface area (Å²) in [6, 6.07) is 6.43. The standard InChI is InChI=1S/C10H12BrNO3S/c11-8-1-3-10(4-2-8)16(13,14)15-9-5-6-12-7-9/h1-4,9,12H,5-7H2. The van der Waals surface area contributed by atoms with Crippen LogP contribution in [-0.2, 0) is 14.3 Å². The molecule has 1 N–H and O–H groups in total. The van der Waals surface area contributed by atoms with Crippen molar-refractivity contribution in [2.75, 3.05) is 13.1 Å². The van der Waals surface area contributed by atoms with Gasteiger partial charge in [-0.15, -0.1) is 0 Å². The van der Waals surface area contributed by atoms with E-state index in [1.165, 1.54) is 12.1 Å². The van der Waals surface area contributed by atoms with Gasteiger partial charge < -0.3 is 5.32 Å². The molecule has 0 bridgehead atoms. The molecule has 1 aliphatic heterocycles. The van der Waals surface area contributed by atoms with Gasteiger partial charge in [-0.1, -0.05) is 15.9 Å². The summed E-state index contributed by atoms with van der Waals surface area (Å²) in [4.78, 5) is 0.197. The Morgan fingerprint density at radius 3 is 2.56 bits per heavy atom. The molecule has 1 unspecified atom stereocenters. The molecule has 2 rings (SSSR count). The van der Waals surface area contributed by atoms with Crippen molar-refractivity contribution in [2.24, 2.45) is 0 Å². The smallest absolute Gasteiger partial charge is 0.297 e. The van der Waals surface area contributed by atoms with Crippen LogP contribution in [0, 0.1) is 0 Å². The quantitative estimate of drug-likeness (QED) is 0.860. The van der Waals surface area contributed by atoms with Crippen molar-refractivity contribution in [3.63, 3.8) is 0 Å². The summed E-state index contributed by atoms with van der Waals surface area (Å²) in [6.07, 6.45) is 0.490. The first-order valence-corrected chi connectivity index (χ1v) is 7.18. The van der Waals surface area contributed by atoms with E-state index in [0.29, 0.717) is 6.54 Å². The Kier molecular flexibility index (Phi) is 3.63. The number of hydrogen-bond donors (Lipinski definition) is 1. The first kappa shape index (κ1) is 12.0. The zero-order valence-electron chi connectivity index (χ0n) is 8.52. The zero-order valence-corrected chi connectivity index (χ0v) is 10.9. The number of halogens is 1. The molecule has 6 heteroatoms. The molecule has 0 amide bonds. The van der Waals surface area contributed by atoms with Crippen molar-refractivity contribution in [1.29, 1.82) is 0 Å². The molecule has 1 aromatic carbocycles. The zero-order chi connectivity index (χ0) is 11.6. The highest BCUT2D eigenvalue weighted by Gasteiger charge is 2.24. The number of rotatable bonds is 3. The summed E-state index contributed by atoms with van der Waals surface area (Å²) in [5, 5.41) is 3.06. The molecule has 4 nitrogen and oxygen atoms in total. The van der Waals surface area contributed by atoms with Gasteiger partial charge in [-0.25, -0.2) is 0 Å². The monoisotopic (exact) mass is 305 g/mol. The fourth-order valence-electron chi connectivity index (χ4n) is 1.55. The Balaban J connectivity index is 2.14. The van der Waals surface area contributed by atoms with Gasteiger partial charge in [-0.05, 0) is 37.2 Å². The summed E-state index contributed by atoms with van der Waals surface area (Å²) < 4.78 is 29.6. The molecular weight excluding hydrogens is 294 g/mol. The van der Waals surface area contributed by atoms with E-state index in [2.05, 4.69) is 21.2 Å². The Morgan fingerprint density at radius 1 is 1.31 bits per heavy atom. The van der Waals surface area contributed by atoms with E-state index in [1.54, 1.807) is 12.1 Å². The molecule has 0 radical (unpaired) electrons. The molecule has 1 aromatic rings. The summed E-state index contributed by atoms with van der Waals surface area (Å²) in [5.41, 5.74) is 0. The van der Waals surface area contributed by atoms with E-state index in [1.807, 2.05) is 0 Å². The first-order chi connectivity index (χ1) is 7.58. The molecule has 16 heavy (non-hydrogen) atoms. The largest absolute Gasteiger partial charge is 0.314 e. The third kappa shape index (κ3) is 2.82. The summed E-state index contributed by atoms with van der Waals surface area (Å²) in [6.45, 7) is 1.40. The molecule has 1 saturated heterocycles. The molecule has 0 spiro atoms. The highest BCUT2D eigenvalue weighted by molar-refractivity contribution is 9.10. The van der Waals surface area contributed by atoms with E-state index in [-0.39, 0.29) is 11.0 Å². The number of nitrogens with one attached hydrogen (secondary N) is 1. The van der Waals surface area contributed by atoms with Crippen molar-refractivity contribution in [2.45, 2.75) is 17.4 Å². The fraction of sp³-hybridized carbons (Fsp3) is 0.400. The molecule has 1 heterocycles. The fourth-order valence-corrected chi connectivity index (χ4v) is 2.91. The SMILES string of the molecule is O=S(=O)(OC1CCNC1)c1ccc(Br)cc1. The molecule has 0 aromatic heterocycles. The van der Waals surface area contributed by atoms with Gasteiger partial charge in [0.1, 0.15) is 0 Å². The van der Waals surface area contributed by atoms with E-state index in [9.17, 15) is 8.42 Å². The average molecular weight is 306 g/mol. The van der Waals surface area contributed by atoms with Crippen LogP contribution in [0.4, 0.5) is 0 Å². The molecule has 1 atom stereocenters. The van der Waals surface area contributed by atoms with Crippen LogP contribution in [0.15, 0.2) is 33.6 Å². The highest BCUT2D eigenvalue weighted by Crippen LogP contribution is 2.19. The van der Waals surface area contributed by atoms with Gasteiger partial charge in [0, 0.05) is 11.0 Å². The number of benzene rings is 1. The van der Waals surface area contributed by atoms with Crippen molar-refractivity contribution < 1.29 is 12.6 Å². The number of hydrogen-bond acceptors (Lipinski definition) is 4. The van der Waals surface area contributed by atoms with Gasteiger partial charge in [-0.3, -0.25) is 4.18 Å². The van der Waals surface area contributed by atoms with Crippen LogP contribution in [0.3, 0.4) is 0 Å². The maximum absolute atomic E-state index is 11.8. The lowest BCUT2D eigenvalue weighted by molar-refractivity contribution is 0.230. The van der Waals surface area contributed by atoms with Crippen LogP contribution < -0.4 is 5.32 Å².